The van der Waals surface area contributed by atoms with E-state index in [1.165, 1.54) is 17.4 Å². The van der Waals surface area contributed by atoms with Gasteiger partial charge in [0, 0.05) is 18.3 Å². The zero-order valence-electron chi connectivity index (χ0n) is 18.3. The Balaban J connectivity index is 1.22. The Bertz CT molecular complexity index is 1050. The van der Waals surface area contributed by atoms with Gasteiger partial charge in [-0.3, -0.25) is 9.62 Å². The highest BCUT2D eigenvalue weighted by atomic mass is 32.2. The van der Waals surface area contributed by atoms with Gasteiger partial charge in [0.25, 0.3) is 0 Å². The van der Waals surface area contributed by atoms with Crippen LogP contribution in [0.15, 0.2) is 54.6 Å². The van der Waals surface area contributed by atoms with Gasteiger partial charge in [-0.2, -0.15) is 0 Å². The Hall–Kier alpha value is -1.89. The van der Waals surface area contributed by atoms with Crippen LogP contribution < -0.4 is 4.72 Å². The predicted octanol–water partition coefficient (Wildman–Crippen LogP) is 4.07. The molecule has 3 fully saturated rings. The zero-order valence-corrected chi connectivity index (χ0v) is 19.1. The average Bonchev–Trinajstić information content (AvgIpc) is 3.09. The minimum atomic E-state index is -3.29. The summed E-state index contributed by atoms with van der Waals surface area (Å²) in [6.45, 7) is 3.23. The Morgan fingerprint density at radius 2 is 1.87 bits per heavy atom. The third-order valence-corrected chi connectivity index (χ3v) is 8.39. The Labute approximate surface area is 185 Å². The van der Waals surface area contributed by atoms with Crippen molar-refractivity contribution in [2.75, 3.05) is 17.5 Å². The van der Waals surface area contributed by atoms with E-state index in [4.69, 9.17) is 0 Å². The van der Waals surface area contributed by atoms with E-state index in [0.717, 1.165) is 38.6 Å². The third kappa shape index (κ3) is 3.79. The van der Waals surface area contributed by atoms with E-state index < -0.39 is 15.6 Å². The molecule has 0 radical (unpaired) electrons. The summed E-state index contributed by atoms with van der Waals surface area (Å²) in [6.07, 6.45) is 5.93. The van der Waals surface area contributed by atoms with Gasteiger partial charge >= 0.3 is 0 Å². The molecule has 0 bridgehead atoms. The lowest BCUT2D eigenvalue weighted by molar-refractivity contribution is -0.0673. The van der Waals surface area contributed by atoms with E-state index in [2.05, 4.69) is 46.9 Å². The molecule has 0 aromatic heterocycles. The summed E-state index contributed by atoms with van der Waals surface area (Å²) >= 11 is 0. The molecule has 4 unspecified atom stereocenters. The molecular formula is C25H32N2O3S. The lowest BCUT2D eigenvalue weighted by atomic mass is 9.64. The number of benzene rings is 2. The Kier molecular flexibility index (Phi) is 4.96. The maximum Gasteiger partial charge on any atom is 0.229 e. The number of nitrogens with one attached hydrogen (secondary N) is 1. The van der Waals surface area contributed by atoms with Crippen LogP contribution in [0.4, 0.5) is 5.69 Å². The summed E-state index contributed by atoms with van der Waals surface area (Å²) in [5.41, 5.74) is 2.67. The monoisotopic (exact) mass is 440 g/mol. The summed E-state index contributed by atoms with van der Waals surface area (Å²) in [4.78, 5) is 2.56. The lowest BCUT2D eigenvalue weighted by Crippen LogP contribution is -2.44. The molecule has 1 saturated carbocycles. The van der Waals surface area contributed by atoms with Crippen LogP contribution in [-0.2, 0) is 15.6 Å². The van der Waals surface area contributed by atoms with Crippen molar-refractivity contribution in [1.29, 1.82) is 0 Å². The molecule has 5 rings (SSSR count). The molecule has 0 amide bonds. The van der Waals surface area contributed by atoms with E-state index in [1.807, 2.05) is 18.2 Å². The molecule has 2 aromatic rings. The van der Waals surface area contributed by atoms with Gasteiger partial charge in [0.15, 0.2) is 0 Å². The summed E-state index contributed by atoms with van der Waals surface area (Å²) in [5.74, 6) is 1.02. The number of nitrogens with zero attached hydrogens (tertiary/aromatic N) is 1. The van der Waals surface area contributed by atoms with E-state index in [9.17, 15) is 13.5 Å². The van der Waals surface area contributed by atoms with Crippen molar-refractivity contribution in [3.63, 3.8) is 0 Å². The van der Waals surface area contributed by atoms with Crippen LogP contribution in [0.3, 0.4) is 0 Å². The van der Waals surface area contributed by atoms with Gasteiger partial charge < -0.3 is 5.11 Å². The fourth-order valence-electron chi connectivity index (χ4n) is 6.47. The molecule has 31 heavy (non-hydrogen) atoms. The molecule has 2 aromatic carbocycles. The maximum atomic E-state index is 11.6. The van der Waals surface area contributed by atoms with Crippen molar-refractivity contribution in [2.45, 2.75) is 62.1 Å². The van der Waals surface area contributed by atoms with Crippen LogP contribution in [0.25, 0.3) is 0 Å². The second kappa shape index (κ2) is 7.32. The lowest BCUT2D eigenvalue weighted by Gasteiger charge is -2.45. The number of hydrogen-bond acceptors (Lipinski definition) is 4. The predicted molar refractivity (Wildman–Crippen MR) is 123 cm³/mol. The molecule has 3 aliphatic rings. The Morgan fingerprint density at radius 3 is 2.48 bits per heavy atom. The third-order valence-electron chi connectivity index (χ3n) is 7.78. The summed E-state index contributed by atoms with van der Waals surface area (Å²) in [7, 11) is -3.29. The molecule has 2 heterocycles. The van der Waals surface area contributed by atoms with Crippen LogP contribution in [0.1, 0.15) is 56.1 Å². The maximum absolute atomic E-state index is 11.6. The Morgan fingerprint density at radius 1 is 1.13 bits per heavy atom. The normalized spacial score (nSPS) is 36.5. The van der Waals surface area contributed by atoms with E-state index in [1.54, 1.807) is 6.07 Å². The quantitative estimate of drug-likeness (QED) is 0.637. The van der Waals surface area contributed by atoms with Crippen LogP contribution in [0.2, 0.25) is 0 Å². The highest BCUT2D eigenvalue weighted by molar-refractivity contribution is 7.92. The van der Waals surface area contributed by atoms with Gasteiger partial charge in [-0.1, -0.05) is 49.4 Å². The minimum absolute atomic E-state index is 0.0144. The first kappa shape index (κ1) is 21.0. The molecule has 166 valence electrons. The fraction of sp³-hybridized carbons (Fsp3) is 0.520. The van der Waals surface area contributed by atoms with Gasteiger partial charge in [0.05, 0.1) is 17.4 Å². The van der Waals surface area contributed by atoms with Gasteiger partial charge in [-0.15, -0.1) is 0 Å². The number of hydrogen-bond donors (Lipinski definition) is 2. The number of rotatable bonds is 7. The van der Waals surface area contributed by atoms with E-state index >= 15 is 0 Å². The second-order valence-corrected chi connectivity index (χ2v) is 11.7. The van der Waals surface area contributed by atoms with Crippen LogP contribution >= 0.6 is 0 Å². The van der Waals surface area contributed by atoms with Gasteiger partial charge in [0.1, 0.15) is 0 Å². The minimum Gasteiger partial charge on any atom is -0.390 e. The van der Waals surface area contributed by atoms with Gasteiger partial charge in [-0.25, -0.2) is 8.42 Å². The highest BCUT2D eigenvalue weighted by Crippen LogP contribution is 2.61. The van der Waals surface area contributed by atoms with Crippen molar-refractivity contribution in [3.05, 3.63) is 65.7 Å². The zero-order chi connectivity index (χ0) is 21.9. The first-order valence-corrected chi connectivity index (χ1v) is 13.2. The number of sulfonamides is 1. The van der Waals surface area contributed by atoms with E-state index in [0.29, 0.717) is 23.6 Å². The first-order chi connectivity index (χ1) is 14.7. The molecule has 0 spiro atoms. The molecule has 6 heteroatoms. The van der Waals surface area contributed by atoms with Gasteiger partial charge in [-0.05, 0) is 67.2 Å². The molecular weight excluding hydrogens is 408 g/mol. The second-order valence-electron chi connectivity index (χ2n) is 9.95. The topological polar surface area (TPSA) is 69.4 Å². The molecule has 4 atom stereocenters. The number of fused-ring (bicyclic) bond motifs is 1. The SMILES string of the molecule is CCC1(c2cccc(NS(C)(=O)=O)c2)C2CC(CC3(O)CC(c4ccccc4)C3)CN21. The molecule has 2 aliphatic heterocycles. The van der Waals surface area contributed by atoms with Crippen molar-refractivity contribution in [2.24, 2.45) is 5.92 Å². The summed E-state index contributed by atoms with van der Waals surface area (Å²) in [6, 6.07) is 18.9. The van der Waals surface area contributed by atoms with E-state index in [-0.39, 0.29) is 5.54 Å². The largest absolute Gasteiger partial charge is 0.390 e. The van der Waals surface area contributed by atoms with Crippen LogP contribution in [-0.4, -0.2) is 42.9 Å². The standard InChI is InChI=1S/C25H32N2O3S/c1-3-25(21-10-7-11-22(13-21)26-31(2,29)30)23-12-18(17-27(23)25)14-24(28)15-20(16-24)19-8-5-4-6-9-19/h4-11,13,18,20,23,26,28H,3,12,14-17H2,1-2H3. The van der Waals surface area contributed by atoms with Crippen LogP contribution in [0.5, 0.6) is 0 Å². The first-order valence-electron chi connectivity index (χ1n) is 11.3. The van der Waals surface area contributed by atoms with Crippen molar-refractivity contribution >= 4 is 15.7 Å². The smallest absolute Gasteiger partial charge is 0.229 e. The average molecular weight is 441 g/mol. The number of anilines is 1. The van der Waals surface area contributed by atoms with Crippen LogP contribution in [0, 0.1) is 5.92 Å². The molecule has 2 N–H and O–H groups in total. The summed E-state index contributed by atoms with van der Waals surface area (Å²) < 4.78 is 25.8. The molecule has 5 nitrogen and oxygen atoms in total. The number of piperidine rings is 1. The van der Waals surface area contributed by atoms with Crippen molar-refractivity contribution in [3.8, 4) is 0 Å². The molecule has 1 aliphatic carbocycles. The molecule has 2 saturated heterocycles. The van der Waals surface area contributed by atoms with Gasteiger partial charge in [0.2, 0.25) is 10.0 Å². The van der Waals surface area contributed by atoms with Crippen molar-refractivity contribution in [1.82, 2.24) is 4.90 Å². The fourth-order valence-corrected chi connectivity index (χ4v) is 7.03. The highest BCUT2D eigenvalue weighted by Gasteiger charge is 2.66. The summed E-state index contributed by atoms with van der Waals surface area (Å²) in [5, 5.41) is 11.1. The number of aliphatic hydroxyl groups is 1. The van der Waals surface area contributed by atoms with Crippen molar-refractivity contribution < 1.29 is 13.5 Å².